The number of alkyl carbamates (subject to hydrolysis) is 1. The van der Waals surface area contributed by atoms with Crippen LogP contribution in [0.4, 0.5) is 10.5 Å². The molecule has 36 heavy (non-hydrogen) atoms. The van der Waals surface area contributed by atoms with E-state index in [9.17, 15) is 14.4 Å². The first-order chi connectivity index (χ1) is 16.9. The first-order valence-electron chi connectivity index (χ1n) is 12.3. The number of nitrogens with one attached hydrogen (secondary N) is 2. The monoisotopic (exact) mass is 515 g/mol. The Kier molecular flexibility index (Phi) is 10.3. The van der Waals surface area contributed by atoms with Gasteiger partial charge in [-0.25, -0.2) is 4.79 Å². The lowest BCUT2D eigenvalue weighted by Crippen LogP contribution is -2.51. The molecule has 0 fully saturated rings. The Morgan fingerprint density at radius 1 is 1.03 bits per heavy atom. The molecule has 2 aromatic carbocycles. The Morgan fingerprint density at radius 3 is 2.25 bits per heavy atom. The minimum Gasteiger partial charge on any atom is -0.444 e. The SMILES string of the molecule is CCCCN(C(=O)C(C)NC(=O)OC(C)(C)C)C(C(=O)Nc1c(C)cccc1Cl)c1ccccc1C. The molecule has 0 saturated carbocycles. The number of hydrogen-bond acceptors (Lipinski definition) is 4. The number of halogens is 1. The van der Waals surface area contributed by atoms with Crippen LogP contribution in [0, 0.1) is 13.8 Å². The van der Waals surface area contributed by atoms with Gasteiger partial charge in [-0.3, -0.25) is 9.59 Å². The molecule has 196 valence electrons. The number of rotatable bonds is 9. The molecule has 3 amide bonds. The van der Waals surface area contributed by atoms with Gasteiger partial charge >= 0.3 is 6.09 Å². The molecule has 2 rings (SSSR count). The molecule has 8 heteroatoms. The van der Waals surface area contributed by atoms with Crippen molar-refractivity contribution in [2.24, 2.45) is 0 Å². The summed E-state index contributed by atoms with van der Waals surface area (Å²) in [6.45, 7) is 13.0. The zero-order chi connectivity index (χ0) is 27.0. The molecule has 2 N–H and O–H groups in total. The van der Waals surface area contributed by atoms with Gasteiger partial charge in [0.1, 0.15) is 17.7 Å². The molecule has 2 atom stereocenters. The first kappa shape index (κ1) is 29.2. The normalized spacial score (nSPS) is 12.9. The number of aryl methyl sites for hydroxylation is 2. The minimum atomic E-state index is -0.927. The molecule has 7 nitrogen and oxygen atoms in total. The van der Waals surface area contributed by atoms with Gasteiger partial charge in [0.2, 0.25) is 5.91 Å². The number of para-hydroxylation sites is 1. The molecule has 0 aliphatic carbocycles. The Balaban J connectivity index is 2.47. The standard InChI is InChI=1S/C28H38ClN3O4/c1-8-9-17-32(26(34)20(4)30-27(35)36-28(5,6)7)24(21-15-11-10-13-18(21)2)25(33)31-23-19(3)14-12-16-22(23)29/h10-16,20,24H,8-9,17H2,1-7H3,(H,30,35)(H,31,33). The lowest BCUT2D eigenvalue weighted by molar-refractivity contribution is -0.140. The van der Waals surface area contributed by atoms with Crippen molar-refractivity contribution in [1.29, 1.82) is 0 Å². The van der Waals surface area contributed by atoms with Crippen LogP contribution in [0.25, 0.3) is 0 Å². The highest BCUT2D eigenvalue weighted by molar-refractivity contribution is 6.34. The van der Waals surface area contributed by atoms with Gasteiger partial charge in [0.05, 0.1) is 10.7 Å². The molecule has 2 aromatic rings. The number of ether oxygens (including phenoxy) is 1. The number of nitrogens with zero attached hydrogens (tertiary/aromatic N) is 1. The molecule has 0 saturated heterocycles. The van der Waals surface area contributed by atoms with Gasteiger partial charge in [-0.1, -0.05) is 61.3 Å². The molecule has 0 heterocycles. The highest BCUT2D eigenvalue weighted by Crippen LogP contribution is 2.30. The first-order valence-corrected chi connectivity index (χ1v) is 12.6. The van der Waals surface area contributed by atoms with Crippen LogP contribution in [0.15, 0.2) is 42.5 Å². The highest BCUT2D eigenvalue weighted by atomic mass is 35.5. The van der Waals surface area contributed by atoms with E-state index in [0.29, 0.717) is 29.2 Å². The molecular formula is C28H38ClN3O4. The second-order valence-corrected chi connectivity index (χ2v) is 10.3. The number of carbonyl (C=O) groups is 3. The fourth-order valence-corrected chi connectivity index (χ4v) is 4.08. The van der Waals surface area contributed by atoms with Gasteiger partial charge < -0.3 is 20.3 Å². The molecule has 2 unspecified atom stereocenters. The molecule has 0 spiro atoms. The van der Waals surface area contributed by atoms with Crippen molar-refractivity contribution in [1.82, 2.24) is 10.2 Å². The van der Waals surface area contributed by atoms with Crippen molar-refractivity contribution in [3.63, 3.8) is 0 Å². The Morgan fingerprint density at radius 2 is 1.67 bits per heavy atom. The van der Waals surface area contributed by atoms with E-state index in [-0.39, 0.29) is 11.8 Å². The third-order valence-electron chi connectivity index (χ3n) is 5.65. The lowest BCUT2D eigenvalue weighted by atomic mass is 9.97. The summed E-state index contributed by atoms with van der Waals surface area (Å²) >= 11 is 6.39. The van der Waals surface area contributed by atoms with Gasteiger partial charge in [-0.2, -0.15) is 0 Å². The predicted octanol–water partition coefficient (Wildman–Crippen LogP) is 6.18. The molecule has 0 aromatic heterocycles. The highest BCUT2D eigenvalue weighted by Gasteiger charge is 2.35. The van der Waals surface area contributed by atoms with E-state index in [4.69, 9.17) is 16.3 Å². The number of hydrogen-bond donors (Lipinski definition) is 2. The van der Waals surface area contributed by atoms with Crippen molar-refractivity contribution in [2.75, 3.05) is 11.9 Å². The predicted molar refractivity (Wildman–Crippen MR) is 144 cm³/mol. The molecule has 0 bridgehead atoms. The topological polar surface area (TPSA) is 87.7 Å². The van der Waals surface area contributed by atoms with Crippen molar-refractivity contribution in [2.45, 2.75) is 79.0 Å². The average molecular weight is 516 g/mol. The average Bonchev–Trinajstić information content (AvgIpc) is 2.78. The summed E-state index contributed by atoms with van der Waals surface area (Å²) in [5.41, 5.74) is 2.19. The van der Waals surface area contributed by atoms with Crippen LogP contribution in [0.2, 0.25) is 5.02 Å². The second-order valence-electron chi connectivity index (χ2n) is 9.93. The van der Waals surface area contributed by atoms with E-state index in [2.05, 4.69) is 10.6 Å². The van der Waals surface area contributed by atoms with Gasteiger partial charge in [0.15, 0.2) is 0 Å². The number of unbranched alkanes of at least 4 members (excludes halogenated alkanes) is 1. The van der Waals surface area contributed by atoms with Gasteiger partial charge in [0, 0.05) is 6.54 Å². The third-order valence-corrected chi connectivity index (χ3v) is 5.97. The maximum absolute atomic E-state index is 13.8. The van der Waals surface area contributed by atoms with Gasteiger partial charge in [0.25, 0.3) is 5.91 Å². The van der Waals surface area contributed by atoms with Crippen molar-refractivity contribution >= 4 is 35.2 Å². The number of anilines is 1. The fraction of sp³-hybridized carbons (Fsp3) is 0.464. The summed E-state index contributed by atoms with van der Waals surface area (Å²) in [6.07, 6.45) is 0.817. The van der Waals surface area contributed by atoms with Crippen molar-refractivity contribution in [3.8, 4) is 0 Å². The number of carbonyl (C=O) groups excluding carboxylic acids is 3. The van der Waals surface area contributed by atoms with E-state index in [1.807, 2.05) is 57.2 Å². The van der Waals surface area contributed by atoms with Crippen LogP contribution in [-0.4, -0.2) is 41.0 Å². The summed E-state index contributed by atoms with van der Waals surface area (Å²) in [4.78, 5) is 41.4. The van der Waals surface area contributed by atoms with E-state index in [0.717, 1.165) is 17.5 Å². The maximum atomic E-state index is 13.8. The van der Waals surface area contributed by atoms with E-state index in [1.54, 1.807) is 33.8 Å². The number of amides is 3. The van der Waals surface area contributed by atoms with Gasteiger partial charge in [-0.05, 0) is 70.7 Å². The van der Waals surface area contributed by atoms with Crippen LogP contribution in [0.5, 0.6) is 0 Å². The third kappa shape index (κ3) is 7.98. The van der Waals surface area contributed by atoms with Crippen molar-refractivity contribution < 1.29 is 19.1 Å². The quantitative estimate of drug-likeness (QED) is 0.417. The smallest absolute Gasteiger partial charge is 0.408 e. The van der Waals surface area contributed by atoms with E-state index < -0.39 is 23.8 Å². The second kappa shape index (κ2) is 12.8. The number of benzene rings is 2. The van der Waals surface area contributed by atoms with Crippen LogP contribution < -0.4 is 10.6 Å². The van der Waals surface area contributed by atoms with E-state index >= 15 is 0 Å². The largest absolute Gasteiger partial charge is 0.444 e. The molecular weight excluding hydrogens is 478 g/mol. The van der Waals surface area contributed by atoms with Crippen LogP contribution in [0.3, 0.4) is 0 Å². The van der Waals surface area contributed by atoms with Crippen LogP contribution >= 0.6 is 11.6 Å². The van der Waals surface area contributed by atoms with Crippen molar-refractivity contribution in [3.05, 3.63) is 64.2 Å². The summed E-state index contributed by atoms with van der Waals surface area (Å²) in [5.74, 6) is -0.761. The fourth-order valence-electron chi connectivity index (χ4n) is 3.82. The van der Waals surface area contributed by atoms with Crippen LogP contribution in [-0.2, 0) is 14.3 Å². The lowest BCUT2D eigenvalue weighted by Gasteiger charge is -2.34. The summed E-state index contributed by atoms with van der Waals surface area (Å²) in [5, 5.41) is 5.98. The van der Waals surface area contributed by atoms with E-state index in [1.165, 1.54) is 4.90 Å². The van der Waals surface area contributed by atoms with Gasteiger partial charge in [-0.15, -0.1) is 0 Å². The Bertz CT molecular complexity index is 1060. The molecule has 0 radical (unpaired) electrons. The molecule has 0 aliphatic heterocycles. The summed E-state index contributed by atoms with van der Waals surface area (Å²) in [6, 6.07) is 11.0. The van der Waals surface area contributed by atoms with Crippen LogP contribution in [0.1, 0.15) is 70.2 Å². The summed E-state index contributed by atoms with van der Waals surface area (Å²) in [7, 11) is 0. The minimum absolute atomic E-state index is 0.337. The zero-order valence-electron chi connectivity index (χ0n) is 22.3. The Hall–Kier alpha value is -3.06. The maximum Gasteiger partial charge on any atom is 0.408 e. The zero-order valence-corrected chi connectivity index (χ0v) is 23.0. The molecule has 0 aliphatic rings. The summed E-state index contributed by atoms with van der Waals surface area (Å²) < 4.78 is 5.32. The Labute approximate surface area is 219 Å².